The number of nitrogens with zero attached hydrogens (tertiary/aromatic N) is 3. The van der Waals surface area contributed by atoms with E-state index in [4.69, 9.17) is 14.2 Å². The van der Waals surface area contributed by atoms with Crippen LogP contribution in [-0.4, -0.2) is 53.4 Å². The average molecular weight is 564 g/mol. The van der Waals surface area contributed by atoms with Crippen LogP contribution in [-0.2, 0) is 4.74 Å². The van der Waals surface area contributed by atoms with Gasteiger partial charge in [0.1, 0.15) is 0 Å². The van der Waals surface area contributed by atoms with Crippen LogP contribution in [0, 0.1) is 24.5 Å². The predicted molar refractivity (Wildman–Crippen MR) is 149 cm³/mol. The molecule has 0 spiro atoms. The Morgan fingerprint density at radius 3 is 2.56 bits per heavy atom. The van der Waals surface area contributed by atoms with Gasteiger partial charge in [0.2, 0.25) is 17.5 Å². The van der Waals surface area contributed by atoms with Crippen LogP contribution in [0.15, 0.2) is 42.6 Å². The van der Waals surface area contributed by atoms with Gasteiger partial charge in [-0.25, -0.2) is 9.50 Å². The third-order valence-corrected chi connectivity index (χ3v) is 7.49. The van der Waals surface area contributed by atoms with Gasteiger partial charge < -0.3 is 24.8 Å². The van der Waals surface area contributed by atoms with Crippen LogP contribution in [0.4, 0.5) is 14.5 Å². The van der Waals surface area contributed by atoms with Gasteiger partial charge in [0.25, 0.3) is 5.91 Å². The second-order valence-corrected chi connectivity index (χ2v) is 10.5. The van der Waals surface area contributed by atoms with Crippen LogP contribution >= 0.6 is 0 Å². The Hall–Kier alpha value is -4.25. The van der Waals surface area contributed by atoms with E-state index in [2.05, 4.69) is 20.7 Å². The fourth-order valence-electron chi connectivity index (χ4n) is 4.96. The van der Waals surface area contributed by atoms with Crippen molar-refractivity contribution >= 4 is 17.2 Å². The molecule has 1 aliphatic carbocycles. The molecule has 214 valence electrons. The van der Waals surface area contributed by atoms with E-state index in [1.807, 2.05) is 19.1 Å². The van der Waals surface area contributed by atoms with Crippen LogP contribution in [0.25, 0.3) is 16.9 Å². The Morgan fingerprint density at radius 1 is 1.07 bits per heavy atom. The zero-order valence-corrected chi connectivity index (χ0v) is 22.9. The molecule has 41 heavy (non-hydrogen) atoms. The molecule has 6 rings (SSSR count). The third kappa shape index (κ3) is 5.67. The number of anilines is 1. The van der Waals surface area contributed by atoms with Crippen LogP contribution in [0.3, 0.4) is 0 Å². The Kier molecular flexibility index (Phi) is 7.44. The molecule has 2 aromatic heterocycles. The number of hydrogen-bond acceptors (Lipinski definition) is 7. The summed E-state index contributed by atoms with van der Waals surface area (Å²) in [6.45, 7) is 4.01. The normalized spacial score (nSPS) is 15.6. The number of hydrogen-bond donors (Lipinski definition) is 2. The Bertz CT molecular complexity index is 1600. The molecule has 1 amide bonds. The van der Waals surface area contributed by atoms with Crippen molar-refractivity contribution in [3.8, 4) is 28.6 Å². The minimum atomic E-state index is -1.18. The van der Waals surface area contributed by atoms with Gasteiger partial charge in [-0.05, 0) is 68.4 Å². The summed E-state index contributed by atoms with van der Waals surface area (Å²) in [5, 5.41) is 11.1. The number of rotatable bonds is 9. The van der Waals surface area contributed by atoms with E-state index in [-0.39, 0.29) is 29.3 Å². The molecule has 4 aromatic rings. The molecule has 2 aromatic carbocycles. The molecule has 9 nitrogen and oxygen atoms in total. The first kappa shape index (κ1) is 26.9. The molecule has 1 aliphatic heterocycles. The van der Waals surface area contributed by atoms with Crippen LogP contribution < -0.4 is 20.1 Å². The minimum absolute atomic E-state index is 0.0480. The molecule has 0 unspecified atom stereocenters. The van der Waals surface area contributed by atoms with Gasteiger partial charge in [0.05, 0.1) is 24.7 Å². The topological polar surface area (TPSA) is 99.0 Å². The molecule has 2 aliphatic rings. The lowest BCUT2D eigenvalue weighted by Crippen LogP contribution is -2.26. The monoisotopic (exact) mass is 563 g/mol. The first-order chi connectivity index (χ1) is 19.9. The highest BCUT2D eigenvalue weighted by Gasteiger charge is 2.25. The maximum atomic E-state index is 14.8. The smallest absolute Gasteiger partial charge is 0.251 e. The van der Waals surface area contributed by atoms with Crippen molar-refractivity contribution in [2.24, 2.45) is 5.92 Å². The van der Waals surface area contributed by atoms with E-state index in [0.29, 0.717) is 35.1 Å². The van der Waals surface area contributed by atoms with Gasteiger partial charge in [-0.1, -0.05) is 6.07 Å². The van der Waals surface area contributed by atoms with Gasteiger partial charge in [0, 0.05) is 43.0 Å². The second-order valence-electron chi connectivity index (χ2n) is 10.5. The first-order valence-corrected chi connectivity index (χ1v) is 13.7. The molecular formula is C30H31F2N5O4. The molecule has 2 fully saturated rings. The summed E-state index contributed by atoms with van der Waals surface area (Å²) >= 11 is 0. The summed E-state index contributed by atoms with van der Waals surface area (Å²) in [5.74, 6) is -2.49. The number of halogens is 2. The lowest BCUT2D eigenvalue weighted by atomic mass is 10.0. The Balaban J connectivity index is 1.36. The van der Waals surface area contributed by atoms with Gasteiger partial charge in [-0.2, -0.15) is 8.78 Å². The Labute approximate surface area is 235 Å². The van der Waals surface area contributed by atoms with Crippen LogP contribution in [0.1, 0.15) is 41.6 Å². The lowest BCUT2D eigenvalue weighted by Gasteiger charge is -2.22. The molecule has 0 bridgehead atoms. The molecule has 3 heterocycles. The fourth-order valence-corrected chi connectivity index (χ4v) is 4.96. The quantitative estimate of drug-likeness (QED) is 0.277. The minimum Gasteiger partial charge on any atom is -0.494 e. The first-order valence-electron chi connectivity index (χ1n) is 13.7. The number of benzene rings is 2. The SMILES string of the molecule is COc1ccc(Oc2cc(NCC3CCOCC3)c3ncc(-c4ccc(C(=O)NC5CC5)c(C)c4)n3n2)c(F)c1F. The Morgan fingerprint density at radius 2 is 1.83 bits per heavy atom. The largest absolute Gasteiger partial charge is 0.494 e. The van der Waals surface area contributed by atoms with Crippen molar-refractivity contribution < 1.29 is 27.8 Å². The number of carbonyl (C=O) groups excluding carboxylic acids is 1. The molecular weight excluding hydrogens is 532 g/mol. The molecule has 0 radical (unpaired) electrons. The number of aryl methyl sites for hydroxylation is 1. The summed E-state index contributed by atoms with van der Waals surface area (Å²) in [5.41, 5.74) is 4.06. The number of aromatic nitrogens is 3. The number of methoxy groups -OCH3 is 1. The predicted octanol–water partition coefficient (Wildman–Crippen LogP) is 5.51. The van der Waals surface area contributed by atoms with E-state index in [0.717, 1.165) is 50.0 Å². The average Bonchev–Trinajstić information content (AvgIpc) is 3.69. The molecule has 0 atom stereocenters. The highest BCUT2D eigenvalue weighted by molar-refractivity contribution is 5.96. The third-order valence-electron chi connectivity index (χ3n) is 7.49. The highest BCUT2D eigenvalue weighted by atomic mass is 19.2. The number of imidazole rings is 1. The van der Waals surface area contributed by atoms with Crippen molar-refractivity contribution in [3.05, 3.63) is 65.4 Å². The summed E-state index contributed by atoms with van der Waals surface area (Å²) in [4.78, 5) is 17.3. The number of carbonyl (C=O) groups is 1. The van der Waals surface area contributed by atoms with Crippen molar-refractivity contribution in [2.45, 2.75) is 38.6 Å². The van der Waals surface area contributed by atoms with E-state index in [9.17, 15) is 13.6 Å². The molecule has 1 saturated carbocycles. The van der Waals surface area contributed by atoms with Crippen LogP contribution in [0.5, 0.6) is 17.4 Å². The lowest BCUT2D eigenvalue weighted by molar-refractivity contribution is 0.0699. The molecule has 2 N–H and O–H groups in total. The van der Waals surface area contributed by atoms with Gasteiger partial charge in [0.15, 0.2) is 17.1 Å². The zero-order chi connectivity index (χ0) is 28.5. The number of amides is 1. The molecule has 1 saturated heterocycles. The highest BCUT2D eigenvalue weighted by Crippen LogP contribution is 2.33. The van der Waals surface area contributed by atoms with Crippen molar-refractivity contribution in [1.82, 2.24) is 19.9 Å². The summed E-state index contributed by atoms with van der Waals surface area (Å²) < 4.78 is 46.9. The number of fused-ring (bicyclic) bond motifs is 1. The van der Waals surface area contributed by atoms with Gasteiger partial charge in [-0.3, -0.25) is 4.79 Å². The molecule has 11 heteroatoms. The maximum Gasteiger partial charge on any atom is 0.251 e. The van der Waals surface area contributed by atoms with E-state index >= 15 is 0 Å². The summed E-state index contributed by atoms with van der Waals surface area (Å²) in [7, 11) is 1.26. The standard InChI is InChI=1S/C30H31F2N5O4/c1-17-13-19(3-6-21(17)30(38)35-20-4-5-20)23-16-34-29-22(33-15-18-9-11-40-12-10-18)14-26(36-37(23)29)41-25-8-7-24(39-2)27(31)28(25)32/h3,6-8,13-14,16,18,20,33H,4-5,9-12,15H2,1-2H3,(H,35,38). The zero-order valence-electron chi connectivity index (χ0n) is 22.9. The maximum absolute atomic E-state index is 14.8. The summed E-state index contributed by atoms with van der Waals surface area (Å²) in [6, 6.07) is 10.0. The fraction of sp³-hybridized carbons (Fsp3) is 0.367. The van der Waals surface area contributed by atoms with Crippen molar-refractivity contribution in [3.63, 3.8) is 0 Å². The van der Waals surface area contributed by atoms with Gasteiger partial charge in [-0.15, -0.1) is 5.10 Å². The van der Waals surface area contributed by atoms with Crippen LogP contribution in [0.2, 0.25) is 0 Å². The second kappa shape index (κ2) is 11.3. The van der Waals surface area contributed by atoms with E-state index < -0.39 is 11.6 Å². The van der Waals surface area contributed by atoms with Crippen molar-refractivity contribution in [2.75, 3.05) is 32.2 Å². The number of ether oxygens (including phenoxy) is 3. The van der Waals surface area contributed by atoms with Gasteiger partial charge >= 0.3 is 0 Å². The van der Waals surface area contributed by atoms with E-state index in [1.165, 1.54) is 19.2 Å². The van der Waals surface area contributed by atoms with Crippen molar-refractivity contribution in [1.29, 1.82) is 0 Å². The van der Waals surface area contributed by atoms with E-state index in [1.54, 1.807) is 22.8 Å². The number of nitrogens with one attached hydrogen (secondary N) is 2. The summed E-state index contributed by atoms with van der Waals surface area (Å²) in [6.07, 6.45) is 5.59.